The van der Waals surface area contributed by atoms with Gasteiger partial charge < -0.3 is 9.80 Å². The molecule has 7 aromatic carbocycles. The van der Waals surface area contributed by atoms with Crippen LogP contribution >= 0.6 is 0 Å². The van der Waals surface area contributed by atoms with Crippen LogP contribution in [0.5, 0.6) is 0 Å². The molecule has 0 aromatic heterocycles. The Morgan fingerprint density at radius 3 is 1.89 bits per heavy atom. The van der Waals surface area contributed by atoms with Crippen LogP contribution in [-0.2, 0) is 10.8 Å². The van der Waals surface area contributed by atoms with Gasteiger partial charge in [0.05, 0.1) is 11.1 Å². The van der Waals surface area contributed by atoms with Crippen molar-refractivity contribution in [2.24, 2.45) is 0 Å². The minimum absolute atomic E-state index is 0.140. The molecule has 5 aliphatic carbocycles. The van der Waals surface area contributed by atoms with E-state index in [9.17, 15) is 0 Å². The van der Waals surface area contributed by atoms with Crippen LogP contribution in [0.3, 0.4) is 0 Å². The summed E-state index contributed by atoms with van der Waals surface area (Å²) in [5, 5.41) is 0. The lowest BCUT2D eigenvalue weighted by Crippen LogP contribution is -2.28. The fourth-order valence-electron chi connectivity index (χ4n) is 12.0. The van der Waals surface area contributed by atoms with Gasteiger partial charge in [-0.05, 0) is 140 Å². The molecule has 13 rings (SSSR count). The molecule has 0 unspecified atom stereocenters. The fraction of sp³-hybridized carbons (Fsp3) is 0.119. The van der Waals surface area contributed by atoms with Gasteiger partial charge in [0.25, 0.3) is 0 Å². The third-order valence-corrected chi connectivity index (χ3v) is 14.5. The van der Waals surface area contributed by atoms with Crippen LogP contribution in [0, 0.1) is 0 Å². The van der Waals surface area contributed by atoms with E-state index in [1.807, 2.05) is 0 Å². The summed E-state index contributed by atoms with van der Waals surface area (Å²) in [4.78, 5) is 5.09. The molecule has 6 aliphatic rings. The van der Waals surface area contributed by atoms with Gasteiger partial charge in [-0.3, -0.25) is 0 Å². The third-order valence-electron chi connectivity index (χ3n) is 14.5. The van der Waals surface area contributed by atoms with Gasteiger partial charge in [0.1, 0.15) is 0 Å². The SMILES string of the molecule is CC1(C)c2ccccc2-c2ccc(N(C3=CC=C4CC(=C3)C3=C(C=CCC3)N4c3ccccc3)c3cccc4c3-c3ccccc3C43c4ccccc4-c4ccccc43)cc21. The highest BCUT2D eigenvalue weighted by Crippen LogP contribution is 2.65. The summed E-state index contributed by atoms with van der Waals surface area (Å²) < 4.78 is 0. The first-order valence-corrected chi connectivity index (χ1v) is 21.9. The molecule has 1 heterocycles. The summed E-state index contributed by atoms with van der Waals surface area (Å²) >= 11 is 0. The number of hydrogen-bond acceptors (Lipinski definition) is 2. The van der Waals surface area contributed by atoms with E-state index in [2.05, 4.69) is 218 Å². The van der Waals surface area contributed by atoms with Gasteiger partial charge in [-0.15, -0.1) is 0 Å². The summed E-state index contributed by atoms with van der Waals surface area (Å²) in [6.45, 7) is 4.79. The highest BCUT2D eigenvalue weighted by molar-refractivity contribution is 6.00. The van der Waals surface area contributed by atoms with Gasteiger partial charge in [-0.25, -0.2) is 0 Å². The largest absolute Gasteiger partial charge is 0.314 e. The van der Waals surface area contributed by atoms with Crippen molar-refractivity contribution in [2.75, 3.05) is 9.80 Å². The van der Waals surface area contributed by atoms with Crippen LogP contribution < -0.4 is 9.80 Å². The zero-order valence-electron chi connectivity index (χ0n) is 34.5. The Morgan fingerprint density at radius 2 is 1.15 bits per heavy atom. The summed E-state index contributed by atoms with van der Waals surface area (Å²) in [5.74, 6) is 0. The fourth-order valence-corrected chi connectivity index (χ4v) is 12.0. The van der Waals surface area contributed by atoms with Crippen LogP contribution in [0.2, 0.25) is 0 Å². The number of fused-ring (bicyclic) bond motifs is 16. The van der Waals surface area contributed by atoms with E-state index in [0.717, 1.165) is 19.3 Å². The smallest absolute Gasteiger partial charge is 0.0726 e. The topological polar surface area (TPSA) is 6.48 Å². The maximum absolute atomic E-state index is 2.59. The molecule has 0 amide bonds. The molecule has 2 heteroatoms. The van der Waals surface area contributed by atoms with Crippen LogP contribution in [-0.4, -0.2) is 0 Å². The van der Waals surface area contributed by atoms with E-state index in [4.69, 9.17) is 0 Å². The minimum atomic E-state index is -0.429. The first kappa shape index (κ1) is 34.7. The molecule has 0 N–H and O–H groups in total. The molecular weight excluding hydrogens is 737 g/mol. The normalized spacial score (nSPS) is 17.5. The van der Waals surface area contributed by atoms with Gasteiger partial charge in [-0.1, -0.05) is 153 Å². The first-order valence-electron chi connectivity index (χ1n) is 21.9. The molecular formula is C59H44N2. The summed E-state index contributed by atoms with van der Waals surface area (Å²) in [7, 11) is 0. The van der Waals surface area contributed by atoms with Gasteiger partial charge in [0.2, 0.25) is 0 Å². The average molecular weight is 781 g/mol. The van der Waals surface area contributed by atoms with Crippen molar-refractivity contribution in [1.82, 2.24) is 0 Å². The number of allylic oxidation sites excluding steroid dienone is 7. The van der Waals surface area contributed by atoms with E-state index < -0.39 is 5.41 Å². The number of nitrogens with zero attached hydrogens (tertiary/aromatic N) is 2. The molecule has 0 fully saturated rings. The molecule has 0 saturated heterocycles. The second kappa shape index (κ2) is 12.7. The lowest BCUT2D eigenvalue weighted by Gasteiger charge is -2.37. The molecule has 61 heavy (non-hydrogen) atoms. The minimum Gasteiger partial charge on any atom is -0.314 e. The number of benzene rings is 7. The number of hydrogen-bond donors (Lipinski definition) is 0. The van der Waals surface area contributed by atoms with Crippen molar-refractivity contribution in [1.29, 1.82) is 0 Å². The number of para-hydroxylation sites is 1. The monoisotopic (exact) mass is 780 g/mol. The Hall–Kier alpha value is -7.16. The predicted octanol–water partition coefficient (Wildman–Crippen LogP) is 14.7. The second-order valence-corrected chi connectivity index (χ2v) is 17.9. The van der Waals surface area contributed by atoms with E-state index in [1.54, 1.807) is 0 Å². The van der Waals surface area contributed by atoms with Gasteiger partial charge >= 0.3 is 0 Å². The summed E-state index contributed by atoms with van der Waals surface area (Å²) in [6, 6.07) is 61.7. The highest BCUT2D eigenvalue weighted by atomic mass is 15.2. The van der Waals surface area contributed by atoms with E-state index in [0.29, 0.717) is 0 Å². The Labute approximate surface area is 358 Å². The number of rotatable bonds is 4. The van der Waals surface area contributed by atoms with Crippen LogP contribution in [0.1, 0.15) is 66.5 Å². The number of anilines is 3. The molecule has 0 atom stereocenters. The summed E-state index contributed by atoms with van der Waals surface area (Å²) in [5.41, 5.74) is 25.8. The van der Waals surface area contributed by atoms with Gasteiger partial charge in [-0.2, -0.15) is 0 Å². The van der Waals surface area contributed by atoms with Crippen molar-refractivity contribution in [3.05, 3.63) is 256 Å². The molecule has 1 spiro atoms. The Balaban J connectivity index is 1.09. The maximum Gasteiger partial charge on any atom is 0.0726 e. The zero-order valence-corrected chi connectivity index (χ0v) is 34.5. The third kappa shape index (κ3) is 4.63. The Kier molecular flexibility index (Phi) is 7.21. The molecule has 2 nitrogen and oxygen atoms in total. The molecule has 2 bridgehead atoms. The lowest BCUT2D eigenvalue weighted by molar-refractivity contribution is 0.660. The molecule has 290 valence electrons. The van der Waals surface area contributed by atoms with Crippen LogP contribution in [0.25, 0.3) is 33.4 Å². The summed E-state index contributed by atoms with van der Waals surface area (Å²) in [6.07, 6.45) is 15.0. The lowest BCUT2D eigenvalue weighted by atomic mass is 9.70. The van der Waals surface area contributed by atoms with E-state index >= 15 is 0 Å². The molecule has 7 aromatic rings. The van der Waals surface area contributed by atoms with Crippen molar-refractivity contribution < 1.29 is 0 Å². The first-order chi connectivity index (χ1) is 30.0. The standard InChI is InChI=1S/C59H44N2/c1-58(2)49-24-11-6-20-44(49)47-34-33-42(37-54(47)58)61(41-32-31-40-35-38(36-41)43-19-10-15-29-55(43)60(40)39-17-4-3-5-18-39)56-30-16-28-53-57(56)48-23-9-14-27-52(48)59(53)50-25-12-7-21-45(50)46-22-8-13-26-51(46)59/h3-9,11-18,20-34,36-37H,10,19,35H2,1-2H3. The highest BCUT2D eigenvalue weighted by Gasteiger charge is 2.52. The molecule has 0 saturated carbocycles. The quantitative estimate of drug-likeness (QED) is 0.175. The van der Waals surface area contributed by atoms with Crippen molar-refractivity contribution >= 4 is 17.1 Å². The maximum atomic E-state index is 2.59. The van der Waals surface area contributed by atoms with Crippen molar-refractivity contribution in [3.63, 3.8) is 0 Å². The molecule has 0 radical (unpaired) electrons. The van der Waals surface area contributed by atoms with Crippen molar-refractivity contribution in [2.45, 2.75) is 43.9 Å². The van der Waals surface area contributed by atoms with Crippen LogP contribution in [0.4, 0.5) is 17.1 Å². The van der Waals surface area contributed by atoms with Gasteiger partial charge in [0, 0.05) is 45.9 Å². The van der Waals surface area contributed by atoms with E-state index in [1.165, 1.54) is 112 Å². The van der Waals surface area contributed by atoms with Gasteiger partial charge in [0.15, 0.2) is 0 Å². The zero-order chi connectivity index (χ0) is 40.5. The van der Waals surface area contributed by atoms with E-state index in [-0.39, 0.29) is 5.41 Å². The molecule has 1 aliphatic heterocycles. The second-order valence-electron chi connectivity index (χ2n) is 17.9. The Bertz CT molecular complexity index is 3160. The average Bonchev–Trinajstić information content (AvgIpc) is 3.81. The predicted molar refractivity (Wildman–Crippen MR) is 252 cm³/mol. The Morgan fingerprint density at radius 1 is 0.541 bits per heavy atom. The van der Waals surface area contributed by atoms with Crippen molar-refractivity contribution in [3.8, 4) is 33.4 Å². The van der Waals surface area contributed by atoms with Crippen LogP contribution in [0.15, 0.2) is 222 Å².